The Labute approximate surface area is 203 Å². The number of non-ortho nitro benzene ring substituents is 1. The highest BCUT2D eigenvalue weighted by Crippen LogP contribution is 2.34. The first-order valence-electron chi connectivity index (χ1n) is 11.7. The Hall–Kier alpha value is -2.82. The third-order valence-corrected chi connectivity index (χ3v) is 7.38. The van der Waals surface area contributed by atoms with Gasteiger partial charge in [0.2, 0.25) is 11.8 Å². The van der Waals surface area contributed by atoms with Crippen LogP contribution in [-0.4, -0.2) is 58.3 Å². The van der Waals surface area contributed by atoms with Crippen molar-refractivity contribution in [3.8, 4) is 0 Å². The standard InChI is InChI=1S/C24H31N5O4S/c25-10-11-26-23(30)22-14-20(9-12-28(22)24(31)18-5-6-18)27(16-21-2-1-13-34-21)15-17-3-7-19(8-4-17)29(32)33/h1-4,7-8,13,18,20,22H,5-6,9-12,14-16,25H2,(H,26,30)/t20?,22-/m1/s1. The summed E-state index contributed by atoms with van der Waals surface area (Å²) in [6, 6.07) is 10.3. The number of likely N-dealkylation sites (tertiary alicyclic amines) is 1. The molecule has 1 unspecified atom stereocenters. The Kier molecular flexibility index (Phi) is 7.91. The van der Waals surface area contributed by atoms with Gasteiger partial charge in [-0.1, -0.05) is 18.2 Å². The topological polar surface area (TPSA) is 122 Å². The number of hydrogen-bond acceptors (Lipinski definition) is 7. The smallest absolute Gasteiger partial charge is 0.269 e. The van der Waals surface area contributed by atoms with E-state index in [2.05, 4.69) is 16.3 Å². The maximum Gasteiger partial charge on any atom is 0.269 e. The van der Waals surface area contributed by atoms with Gasteiger partial charge in [-0.15, -0.1) is 11.3 Å². The van der Waals surface area contributed by atoms with Crippen LogP contribution in [0.4, 0.5) is 5.69 Å². The van der Waals surface area contributed by atoms with Crippen LogP contribution >= 0.6 is 11.3 Å². The number of nitro groups is 1. The Morgan fingerprint density at radius 3 is 2.56 bits per heavy atom. The second-order valence-electron chi connectivity index (χ2n) is 8.99. The summed E-state index contributed by atoms with van der Waals surface area (Å²) in [5.74, 6) is 0.00535. The first-order chi connectivity index (χ1) is 16.5. The molecular weight excluding hydrogens is 454 g/mol. The van der Waals surface area contributed by atoms with Crippen LogP contribution in [-0.2, 0) is 22.7 Å². The predicted molar refractivity (Wildman–Crippen MR) is 130 cm³/mol. The molecule has 2 amide bonds. The van der Waals surface area contributed by atoms with Gasteiger partial charge in [0.15, 0.2) is 0 Å². The maximum atomic E-state index is 13.0. The third-order valence-electron chi connectivity index (χ3n) is 6.52. The zero-order chi connectivity index (χ0) is 24.1. The molecule has 1 aliphatic carbocycles. The number of nitrogens with two attached hydrogens (primary N) is 1. The van der Waals surface area contributed by atoms with E-state index < -0.39 is 11.0 Å². The van der Waals surface area contributed by atoms with E-state index >= 15 is 0 Å². The van der Waals surface area contributed by atoms with Gasteiger partial charge in [-0.25, -0.2) is 0 Å². The monoisotopic (exact) mass is 485 g/mol. The van der Waals surface area contributed by atoms with E-state index in [9.17, 15) is 19.7 Å². The highest BCUT2D eigenvalue weighted by atomic mass is 32.1. The summed E-state index contributed by atoms with van der Waals surface area (Å²) >= 11 is 1.68. The van der Waals surface area contributed by atoms with Gasteiger partial charge in [-0.2, -0.15) is 0 Å². The lowest BCUT2D eigenvalue weighted by Crippen LogP contribution is -2.57. The second-order valence-corrected chi connectivity index (χ2v) is 10.0. The van der Waals surface area contributed by atoms with Crippen LogP contribution in [0.1, 0.15) is 36.1 Å². The van der Waals surface area contributed by atoms with E-state index in [1.165, 1.54) is 17.0 Å². The highest BCUT2D eigenvalue weighted by molar-refractivity contribution is 7.09. The fourth-order valence-electron chi connectivity index (χ4n) is 4.54. The quantitative estimate of drug-likeness (QED) is 0.394. The molecule has 1 aliphatic heterocycles. The molecule has 0 spiro atoms. The van der Waals surface area contributed by atoms with E-state index in [1.54, 1.807) is 28.4 Å². The summed E-state index contributed by atoms with van der Waals surface area (Å²) in [6.07, 6.45) is 3.13. The molecular formula is C24H31N5O4S. The number of benzene rings is 1. The summed E-state index contributed by atoms with van der Waals surface area (Å²) in [7, 11) is 0. The van der Waals surface area contributed by atoms with E-state index in [1.807, 2.05) is 11.4 Å². The third kappa shape index (κ3) is 5.99. The average molecular weight is 486 g/mol. The largest absolute Gasteiger partial charge is 0.353 e. The van der Waals surface area contributed by atoms with Crippen LogP contribution in [0.3, 0.4) is 0 Å². The Bertz CT molecular complexity index is 993. The summed E-state index contributed by atoms with van der Waals surface area (Å²) in [4.78, 5) is 41.9. The number of thiophene rings is 1. The van der Waals surface area contributed by atoms with Crippen molar-refractivity contribution < 1.29 is 14.5 Å². The molecule has 34 heavy (non-hydrogen) atoms. The van der Waals surface area contributed by atoms with Gasteiger partial charge in [-0.05, 0) is 42.7 Å². The molecule has 2 heterocycles. The molecule has 1 aromatic heterocycles. The van der Waals surface area contributed by atoms with Crippen LogP contribution < -0.4 is 11.1 Å². The fourth-order valence-corrected chi connectivity index (χ4v) is 5.27. The molecule has 182 valence electrons. The van der Waals surface area contributed by atoms with Gasteiger partial charge in [-0.3, -0.25) is 24.6 Å². The minimum absolute atomic E-state index is 0.0590. The molecule has 1 saturated heterocycles. The summed E-state index contributed by atoms with van der Waals surface area (Å²) in [5, 5.41) is 15.9. The molecule has 9 nitrogen and oxygen atoms in total. The Morgan fingerprint density at radius 2 is 1.94 bits per heavy atom. The summed E-state index contributed by atoms with van der Waals surface area (Å²) in [6.45, 7) is 2.60. The first kappa shape index (κ1) is 24.3. The van der Waals surface area contributed by atoms with Crippen molar-refractivity contribution in [3.05, 3.63) is 62.3 Å². The van der Waals surface area contributed by atoms with Crippen molar-refractivity contribution in [2.24, 2.45) is 11.7 Å². The van der Waals surface area contributed by atoms with Crippen molar-refractivity contribution in [2.75, 3.05) is 19.6 Å². The van der Waals surface area contributed by atoms with Gasteiger partial charge < -0.3 is 16.0 Å². The lowest BCUT2D eigenvalue weighted by molar-refractivity contribution is -0.384. The molecule has 2 aromatic rings. The van der Waals surface area contributed by atoms with E-state index in [0.29, 0.717) is 39.1 Å². The van der Waals surface area contributed by atoms with Crippen molar-refractivity contribution in [1.29, 1.82) is 0 Å². The number of piperidine rings is 1. The number of carbonyl (C=O) groups is 2. The second kappa shape index (κ2) is 11.1. The highest BCUT2D eigenvalue weighted by Gasteiger charge is 2.42. The number of nitrogens with one attached hydrogen (secondary N) is 1. The van der Waals surface area contributed by atoms with Crippen LogP contribution in [0.25, 0.3) is 0 Å². The van der Waals surface area contributed by atoms with Crippen molar-refractivity contribution in [2.45, 2.75) is 50.9 Å². The van der Waals surface area contributed by atoms with Crippen molar-refractivity contribution >= 4 is 28.8 Å². The van der Waals surface area contributed by atoms with E-state index in [-0.39, 0.29) is 29.5 Å². The minimum atomic E-state index is -0.513. The maximum absolute atomic E-state index is 13.0. The zero-order valence-corrected chi connectivity index (χ0v) is 19.9. The van der Waals surface area contributed by atoms with Gasteiger partial charge in [0.1, 0.15) is 6.04 Å². The summed E-state index contributed by atoms with van der Waals surface area (Å²) < 4.78 is 0. The molecule has 2 aliphatic rings. The fraction of sp³-hybridized carbons (Fsp3) is 0.500. The van der Waals surface area contributed by atoms with Gasteiger partial charge in [0.05, 0.1) is 4.92 Å². The number of rotatable bonds is 10. The average Bonchev–Trinajstić information content (AvgIpc) is 3.58. The lowest BCUT2D eigenvalue weighted by Gasteiger charge is -2.43. The molecule has 10 heteroatoms. The van der Waals surface area contributed by atoms with Crippen LogP contribution in [0.2, 0.25) is 0 Å². The van der Waals surface area contributed by atoms with Gasteiger partial charge in [0.25, 0.3) is 5.69 Å². The summed E-state index contributed by atoms with van der Waals surface area (Å²) in [5.41, 5.74) is 6.62. The zero-order valence-electron chi connectivity index (χ0n) is 19.1. The molecule has 0 bridgehead atoms. The Morgan fingerprint density at radius 1 is 1.18 bits per heavy atom. The minimum Gasteiger partial charge on any atom is -0.353 e. The molecule has 4 rings (SSSR count). The molecule has 2 atom stereocenters. The number of hydrogen-bond donors (Lipinski definition) is 2. The molecule has 1 saturated carbocycles. The Balaban J connectivity index is 1.53. The lowest BCUT2D eigenvalue weighted by atomic mass is 9.93. The number of amides is 2. The predicted octanol–water partition coefficient (Wildman–Crippen LogP) is 2.50. The number of nitrogens with zero attached hydrogens (tertiary/aromatic N) is 3. The molecule has 3 N–H and O–H groups in total. The molecule has 1 aromatic carbocycles. The van der Waals surface area contributed by atoms with E-state index in [4.69, 9.17) is 5.73 Å². The van der Waals surface area contributed by atoms with Gasteiger partial charge in [0, 0.05) is 61.7 Å². The normalized spacial score (nSPS) is 20.4. The number of nitro benzene ring substituents is 1. The molecule has 2 fully saturated rings. The van der Waals surface area contributed by atoms with Gasteiger partial charge >= 0.3 is 0 Å². The molecule has 0 radical (unpaired) electrons. The van der Waals surface area contributed by atoms with E-state index in [0.717, 1.165) is 24.8 Å². The SMILES string of the molecule is NCCNC(=O)[C@H]1CC(N(Cc2ccc([N+](=O)[O-])cc2)Cc2cccs2)CCN1C(=O)C1CC1. The van der Waals surface area contributed by atoms with Crippen LogP contribution in [0.15, 0.2) is 41.8 Å². The van der Waals surface area contributed by atoms with Crippen LogP contribution in [0.5, 0.6) is 0 Å². The number of carbonyl (C=O) groups excluding carboxylic acids is 2. The van der Waals surface area contributed by atoms with Crippen LogP contribution in [0, 0.1) is 16.0 Å². The first-order valence-corrected chi connectivity index (χ1v) is 12.6. The van der Waals surface area contributed by atoms with Crippen molar-refractivity contribution in [1.82, 2.24) is 15.1 Å². The van der Waals surface area contributed by atoms with Crippen molar-refractivity contribution in [3.63, 3.8) is 0 Å².